The summed E-state index contributed by atoms with van der Waals surface area (Å²) in [6.07, 6.45) is 6.55. The Labute approximate surface area is 170 Å². The minimum absolute atomic E-state index is 0.220. The third-order valence-electron chi connectivity index (χ3n) is 5.19. The third kappa shape index (κ3) is 5.49. The number of rotatable bonds is 7. The summed E-state index contributed by atoms with van der Waals surface area (Å²) in [4.78, 5) is 25.6. The molecule has 0 unspecified atom stereocenters. The lowest BCUT2D eigenvalue weighted by atomic mass is 9.83. The number of hydrogen-bond acceptors (Lipinski definition) is 6. The number of hydrogen-bond donors (Lipinski definition) is 1. The molecule has 0 radical (unpaired) electrons. The number of nitriles is 1. The number of nitrogens with zero attached hydrogens (tertiary/aromatic N) is 1. The maximum Gasteiger partial charge on any atom is 0.339 e. The molecule has 1 heterocycles. The van der Waals surface area contributed by atoms with Crippen molar-refractivity contribution in [3.8, 4) is 6.07 Å². The Morgan fingerprint density at radius 3 is 2.75 bits per heavy atom. The van der Waals surface area contributed by atoms with Gasteiger partial charge >= 0.3 is 5.97 Å². The van der Waals surface area contributed by atoms with Crippen molar-refractivity contribution in [1.29, 1.82) is 5.26 Å². The van der Waals surface area contributed by atoms with Gasteiger partial charge in [-0.3, -0.25) is 4.79 Å². The maximum absolute atomic E-state index is 12.5. The van der Waals surface area contributed by atoms with Crippen molar-refractivity contribution in [3.05, 3.63) is 29.8 Å². The molecule has 1 N–H and O–H groups in total. The Hall–Kier alpha value is -2.04. The van der Waals surface area contributed by atoms with Crippen LogP contribution in [-0.4, -0.2) is 42.5 Å². The second-order valence-corrected chi connectivity index (χ2v) is 8.38. The molecule has 2 aliphatic rings. The summed E-state index contributed by atoms with van der Waals surface area (Å²) in [5.74, 6) is -0.170. The van der Waals surface area contributed by atoms with Gasteiger partial charge in [0.1, 0.15) is 5.54 Å². The van der Waals surface area contributed by atoms with E-state index in [0.29, 0.717) is 18.4 Å². The molecule has 1 aromatic carbocycles. The lowest BCUT2D eigenvalue weighted by molar-refractivity contribution is -0.125. The quantitative estimate of drug-likeness (QED) is 0.555. The molecule has 1 saturated heterocycles. The average molecular weight is 403 g/mol. The summed E-state index contributed by atoms with van der Waals surface area (Å²) in [6.45, 7) is 0.418. The highest BCUT2D eigenvalue weighted by Gasteiger charge is 2.33. The first-order valence-corrected chi connectivity index (χ1v) is 10.8. The molecule has 0 aromatic heterocycles. The van der Waals surface area contributed by atoms with Crippen LogP contribution in [0.15, 0.2) is 29.2 Å². The van der Waals surface area contributed by atoms with Crippen LogP contribution in [0.25, 0.3) is 0 Å². The van der Waals surface area contributed by atoms with E-state index in [-0.39, 0.29) is 12.7 Å². The molecule has 1 aliphatic heterocycles. The molecule has 150 valence electrons. The molecule has 1 amide bonds. The van der Waals surface area contributed by atoms with Gasteiger partial charge in [-0.1, -0.05) is 31.4 Å². The van der Waals surface area contributed by atoms with Crippen molar-refractivity contribution in [3.63, 3.8) is 0 Å². The summed E-state index contributed by atoms with van der Waals surface area (Å²) >= 11 is 1.57. The van der Waals surface area contributed by atoms with Gasteiger partial charge in [-0.2, -0.15) is 5.26 Å². The zero-order valence-corrected chi connectivity index (χ0v) is 16.8. The first kappa shape index (κ1) is 20.7. The second-order valence-electron chi connectivity index (χ2n) is 7.32. The largest absolute Gasteiger partial charge is 0.452 e. The van der Waals surface area contributed by atoms with Gasteiger partial charge in [0.05, 0.1) is 17.7 Å². The standard InChI is InChI=1S/C21H26N2O4S/c22-15-21(10-4-1-5-11-21)23-19(24)13-27-20(25)17-8-2-3-9-18(17)28-14-16-7-6-12-26-16/h2-3,8-9,16H,1,4-7,10-14H2,(H,23,24)/t16-/m1/s1. The highest BCUT2D eigenvalue weighted by Crippen LogP contribution is 2.28. The van der Waals surface area contributed by atoms with Crippen LogP contribution in [0.4, 0.5) is 0 Å². The highest BCUT2D eigenvalue weighted by molar-refractivity contribution is 7.99. The maximum atomic E-state index is 12.5. The number of esters is 1. The fraction of sp³-hybridized carbons (Fsp3) is 0.571. The van der Waals surface area contributed by atoms with Crippen molar-refractivity contribution in [2.75, 3.05) is 19.0 Å². The van der Waals surface area contributed by atoms with E-state index < -0.39 is 17.4 Å². The molecule has 6 nitrogen and oxygen atoms in total. The summed E-state index contributed by atoms with van der Waals surface area (Å²) in [6, 6.07) is 9.47. The Kier molecular flexibility index (Phi) is 7.35. The monoisotopic (exact) mass is 402 g/mol. The minimum Gasteiger partial charge on any atom is -0.452 e. The zero-order valence-electron chi connectivity index (χ0n) is 15.9. The van der Waals surface area contributed by atoms with E-state index in [1.807, 2.05) is 12.1 Å². The lowest BCUT2D eigenvalue weighted by Gasteiger charge is -2.31. The number of carbonyl (C=O) groups is 2. The number of thioether (sulfide) groups is 1. The molecule has 1 aliphatic carbocycles. The van der Waals surface area contributed by atoms with Gasteiger partial charge in [0.15, 0.2) is 6.61 Å². The number of ether oxygens (including phenoxy) is 2. The van der Waals surface area contributed by atoms with E-state index in [0.717, 1.165) is 49.4 Å². The molecule has 28 heavy (non-hydrogen) atoms. The van der Waals surface area contributed by atoms with Gasteiger partial charge in [-0.25, -0.2) is 4.79 Å². The second kappa shape index (κ2) is 9.94. The van der Waals surface area contributed by atoms with E-state index in [2.05, 4.69) is 11.4 Å². The molecule has 7 heteroatoms. The lowest BCUT2D eigenvalue weighted by Crippen LogP contribution is -2.50. The van der Waals surface area contributed by atoms with Gasteiger partial charge in [0, 0.05) is 17.3 Å². The molecule has 1 saturated carbocycles. The topological polar surface area (TPSA) is 88.4 Å². The van der Waals surface area contributed by atoms with Crippen LogP contribution in [0.1, 0.15) is 55.3 Å². The van der Waals surface area contributed by atoms with Gasteiger partial charge in [-0.15, -0.1) is 11.8 Å². The van der Waals surface area contributed by atoms with Crippen LogP contribution < -0.4 is 5.32 Å². The average Bonchev–Trinajstić information content (AvgIpc) is 3.25. The molecule has 1 aromatic rings. The summed E-state index contributed by atoms with van der Waals surface area (Å²) in [7, 11) is 0. The van der Waals surface area contributed by atoms with Crippen LogP contribution in [0, 0.1) is 11.3 Å². The number of amides is 1. The zero-order chi connectivity index (χ0) is 19.8. The van der Waals surface area contributed by atoms with Crippen molar-refractivity contribution in [2.45, 2.75) is 61.5 Å². The summed E-state index contributed by atoms with van der Waals surface area (Å²) in [5.41, 5.74) is -0.373. The van der Waals surface area contributed by atoms with Crippen molar-refractivity contribution in [1.82, 2.24) is 5.32 Å². The van der Waals surface area contributed by atoms with Crippen LogP contribution in [0.5, 0.6) is 0 Å². The first-order chi connectivity index (χ1) is 13.6. The Balaban J connectivity index is 1.53. The Morgan fingerprint density at radius 1 is 1.25 bits per heavy atom. The van der Waals surface area contributed by atoms with E-state index in [9.17, 15) is 14.9 Å². The Morgan fingerprint density at radius 2 is 2.04 bits per heavy atom. The first-order valence-electron chi connectivity index (χ1n) is 9.85. The third-order valence-corrected chi connectivity index (χ3v) is 6.40. The van der Waals surface area contributed by atoms with Crippen LogP contribution in [-0.2, 0) is 14.3 Å². The van der Waals surface area contributed by atoms with Gasteiger partial charge in [0.25, 0.3) is 5.91 Å². The molecular weight excluding hydrogens is 376 g/mol. The highest BCUT2D eigenvalue weighted by atomic mass is 32.2. The van der Waals surface area contributed by atoms with Crippen LogP contribution in [0.3, 0.4) is 0 Å². The minimum atomic E-state index is -0.823. The number of carbonyl (C=O) groups excluding carboxylic acids is 2. The molecule has 3 rings (SSSR count). The fourth-order valence-electron chi connectivity index (χ4n) is 3.65. The summed E-state index contributed by atoms with van der Waals surface area (Å²) in [5, 5.41) is 12.2. The van der Waals surface area contributed by atoms with E-state index in [1.54, 1.807) is 23.9 Å². The molecule has 0 spiro atoms. The predicted octanol–water partition coefficient (Wildman–Crippen LogP) is 3.46. The van der Waals surface area contributed by atoms with Gasteiger partial charge in [-0.05, 0) is 37.8 Å². The molecular formula is C21H26N2O4S. The summed E-state index contributed by atoms with van der Waals surface area (Å²) < 4.78 is 10.9. The Bertz CT molecular complexity index is 734. The molecule has 1 atom stereocenters. The van der Waals surface area contributed by atoms with Crippen molar-refractivity contribution < 1.29 is 19.1 Å². The van der Waals surface area contributed by atoms with E-state index in [4.69, 9.17) is 9.47 Å². The van der Waals surface area contributed by atoms with E-state index >= 15 is 0 Å². The fourth-order valence-corrected chi connectivity index (χ4v) is 4.76. The SMILES string of the molecule is N#CC1(NC(=O)COC(=O)c2ccccc2SC[C@H]2CCCO2)CCCCC1. The van der Waals surface area contributed by atoms with Crippen LogP contribution in [0.2, 0.25) is 0 Å². The molecule has 2 fully saturated rings. The van der Waals surface area contributed by atoms with Gasteiger partial charge < -0.3 is 14.8 Å². The number of benzene rings is 1. The smallest absolute Gasteiger partial charge is 0.339 e. The normalized spacial score (nSPS) is 20.9. The van der Waals surface area contributed by atoms with Gasteiger partial charge in [0.2, 0.25) is 0 Å². The van der Waals surface area contributed by atoms with Crippen molar-refractivity contribution >= 4 is 23.6 Å². The molecule has 0 bridgehead atoms. The number of nitrogens with one attached hydrogen (secondary N) is 1. The predicted molar refractivity (Wildman–Crippen MR) is 106 cm³/mol. The van der Waals surface area contributed by atoms with Crippen molar-refractivity contribution in [2.24, 2.45) is 0 Å². The van der Waals surface area contributed by atoms with Crippen LogP contribution >= 0.6 is 11.8 Å². The van der Waals surface area contributed by atoms with E-state index in [1.165, 1.54) is 0 Å².